The van der Waals surface area contributed by atoms with Crippen LogP contribution in [-0.4, -0.2) is 35.0 Å². The van der Waals surface area contributed by atoms with E-state index in [0.717, 1.165) is 23.1 Å². The number of rotatable bonds is 3. The quantitative estimate of drug-likeness (QED) is 0.709. The Hall–Kier alpha value is -2.91. The predicted octanol–water partition coefficient (Wildman–Crippen LogP) is 3.85. The van der Waals surface area contributed by atoms with Gasteiger partial charge in [-0.15, -0.1) is 0 Å². The molecule has 0 atom stereocenters. The average Bonchev–Trinajstić information content (AvgIpc) is 3.10. The van der Waals surface area contributed by atoms with Gasteiger partial charge in [0.05, 0.1) is 21.8 Å². The third kappa shape index (κ3) is 3.39. The van der Waals surface area contributed by atoms with Gasteiger partial charge < -0.3 is 9.64 Å². The van der Waals surface area contributed by atoms with Gasteiger partial charge in [0.1, 0.15) is 6.10 Å². The van der Waals surface area contributed by atoms with Gasteiger partial charge in [0.2, 0.25) is 0 Å². The molecule has 5 nitrogen and oxygen atoms in total. The number of likely N-dealkylation sites (tertiary alicyclic amines) is 1. The molecule has 1 aliphatic heterocycles. The lowest BCUT2D eigenvalue weighted by atomic mass is 10.1. The zero-order valence-electron chi connectivity index (χ0n) is 14.1. The molecule has 6 heteroatoms. The van der Waals surface area contributed by atoms with E-state index in [1.54, 1.807) is 35.6 Å². The molecule has 0 N–H and O–H groups in total. The van der Waals surface area contributed by atoms with E-state index in [1.807, 2.05) is 29.2 Å². The Labute approximate surface area is 155 Å². The number of nitriles is 1. The number of amides is 1. The fourth-order valence-electron chi connectivity index (χ4n) is 3.13. The van der Waals surface area contributed by atoms with Crippen molar-refractivity contribution in [1.29, 1.82) is 5.26 Å². The van der Waals surface area contributed by atoms with E-state index in [2.05, 4.69) is 11.1 Å². The van der Waals surface area contributed by atoms with Crippen molar-refractivity contribution in [2.45, 2.75) is 18.9 Å². The molecule has 26 heavy (non-hydrogen) atoms. The van der Waals surface area contributed by atoms with Crippen LogP contribution in [0, 0.1) is 11.3 Å². The molecule has 3 aromatic rings. The van der Waals surface area contributed by atoms with Crippen LogP contribution in [0.4, 0.5) is 0 Å². The third-order valence-corrected chi connectivity index (χ3v) is 5.44. The minimum atomic E-state index is -0.0273. The average molecular weight is 363 g/mol. The highest BCUT2D eigenvalue weighted by Crippen LogP contribution is 2.29. The second kappa shape index (κ2) is 7.14. The molecule has 0 aliphatic carbocycles. The smallest absolute Gasteiger partial charge is 0.274 e. The lowest BCUT2D eigenvalue weighted by Crippen LogP contribution is -2.41. The first-order valence-electron chi connectivity index (χ1n) is 8.54. The number of hydrogen-bond donors (Lipinski definition) is 0. The third-order valence-electron chi connectivity index (χ3n) is 4.51. The number of carbonyl (C=O) groups is 1. The lowest BCUT2D eigenvalue weighted by Gasteiger charge is -2.31. The Morgan fingerprint density at radius 1 is 1.19 bits per heavy atom. The molecule has 1 saturated heterocycles. The van der Waals surface area contributed by atoms with E-state index < -0.39 is 0 Å². The number of para-hydroxylation sites is 1. The Morgan fingerprint density at radius 3 is 2.77 bits per heavy atom. The van der Waals surface area contributed by atoms with Crippen LogP contribution in [0.5, 0.6) is 5.19 Å². The second-order valence-electron chi connectivity index (χ2n) is 6.25. The summed E-state index contributed by atoms with van der Waals surface area (Å²) in [6, 6.07) is 16.9. The zero-order valence-corrected chi connectivity index (χ0v) is 14.9. The lowest BCUT2D eigenvalue weighted by molar-refractivity contribution is 0.0595. The molecule has 2 heterocycles. The normalized spacial score (nSPS) is 15.0. The number of ether oxygens (including phenoxy) is 1. The summed E-state index contributed by atoms with van der Waals surface area (Å²) in [7, 11) is 0. The van der Waals surface area contributed by atoms with Crippen molar-refractivity contribution in [3.8, 4) is 11.3 Å². The highest BCUT2D eigenvalue weighted by molar-refractivity contribution is 7.20. The molecular formula is C20H17N3O2S. The van der Waals surface area contributed by atoms with E-state index in [0.29, 0.717) is 29.4 Å². The topological polar surface area (TPSA) is 66.2 Å². The second-order valence-corrected chi connectivity index (χ2v) is 7.24. The first-order valence-corrected chi connectivity index (χ1v) is 9.36. The summed E-state index contributed by atoms with van der Waals surface area (Å²) in [5.74, 6) is -0.0273. The summed E-state index contributed by atoms with van der Waals surface area (Å²) < 4.78 is 7.16. The number of piperidine rings is 1. The van der Waals surface area contributed by atoms with Crippen molar-refractivity contribution in [3.63, 3.8) is 0 Å². The number of benzene rings is 2. The summed E-state index contributed by atoms with van der Waals surface area (Å²) in [5.41, 5.74) is 2.02. The van der Waals surface area contributed by atoms with Crippen LogP contribution in [0.3, 0.4) is 0 Å². The van der Waals surface area contributed by atoms with Crippen LogP contribution in [0.25, 0.3) is 10.2 Å². The van der Waals surface area contributed by atoms with Crippen molar-refractivity contribution < 1.29 is 9.53 Å². The van der Waals surface area contributed by atoms with Crippen LogP contribution >= 0.6 is 11.3 Å². The van der Waals surface area contributed by atoms with Gasteiger partial charge in [-0.25, -0.2) is 4.98 Å². The largest absolute Gasteiger partial charge is 0.467 e. The molecule has 1 amide bonds. The van der Waals surface area contributed by atoms with Gasteiger partial charge in [0.15, 0.2) is 0 Å². The van der Waals surface area contributed by atoms with Crippen LogP contribution in [-0.2, 0) is 0 Å². The van der Waals surface area contributed by atoms with E-state index in [4.69, 9.17) is 10.00 Å². The summed E-state index contributed by atoms with van der Waals surface area (Å²) >= 11 is 1.55. The number of carbonyl (C=O) groups excluding carboxylic acids is 1. The maximum atomic E-state index is 12.6. The van der Waals surface area contributed by atoms with Crippen molar-refractivity contribution in [2.24, 2.45) is 0 Å². The summed E-state index contributed by atoms with van der Waals surface area (Å²) in [4.78, 5) is 19.0. The molecule has 4 rings (SSSR count). The summed E-state index contributed by atoms with van der Waals surface area (Å²) in [6.07, 6.45) is 1.63. The van der Waals surface area contributed by atoms with Gasteiger partial charge in [-0.05, 0) is 30.3 Å². The Bertz CT molecular complexity index is 951. The fourth-order valence-corrected chi connectivity index (χ4v) is 4.01. The van der Waals surface area contributed by atoms with Gasteiger partial charge in [0.25, 0.3) is 11.1 Å². The van der Waals surface area contributed by atoms with Gasteiger partial charge in [-0.3, -0.25) is 4.79 Å². The van der Waals surface area contributed by atoms with Crippen LogP contribution in [0.2, 0.25) is 0 Å². The first kappa shape index (κ1) is 16.6. The number of fused-ring (bicyclic) bond motifs is 1. The van der Waals surface area contributed by atoms with Crippen molar-refractivity contribution in [1.82, 2.24) is 9.88 Å². The molecular weight excluding hydrogens is 346 g/mol. The first-order chi connectivity index (χ1) is 12.7. The molecule has 0 unspecified atom stereocenters. The van der Waals surface area contributed by atoms with Crippen molar-refractivity contribution in [3.05, 3.63) is 59.7 Å². The molecule has 130 valence electrons. The number of nitrogens with zero attached hydrogens (tertiary/aromatic N) is 3. The molecule has 1 aliphatic rings. The Balaban J connectivity index is 1.37. The van der Waals surface area contributed by atoms with E-state index in [1.165, 1.54) is 0 Å². The standard InChI is InChI=1S/C20H17N3O2S/c21-13-14-4-3-5-15(12-14)19(24)23-10-8-16(9-11-23)25-20-22-17-6-1-2-7-18(17)26-20/h1-7,12,16H,8-11H2. The summed E-state index contributed by atoms with van der Waals surface area (Å²) in [5, 5.41) is 9.68. The van der Waals surface area contributed by atoms with Crippen LogP contribution in [0.15, 0.2) is 48.5 Å². The highest BCUT2D eigenvalue weighted by atomic mass is 32.1. The molecule has 0 bridgehead atoms. The zero-order chi connectivity index (χ0) is 17.9. The SMILES string of the molecule is N#Cc1cccc(C(=O)N2CCC(Oc3nc4ccccc4s3)CC2)c1. The number of hydrogen-bond acceptors (Lipinski definition) is 5. The van der Waals surface area contributed by atoms with Gasteiger partial charge in [0, 0.05) is 31.5 Å². The van der Waals surface area contributed by atoms with E-state index in [-0.39, 0.29) is 12.0 Å². The molecule has 2 aromatic carbocycles. The Morgan fingerprint density at radius 2 is 2.00 bits per heavy atom. The highest BCUT2D eigenvalue weighted by Gasteiger charge is 2.25. The fraction of sp³-hybridized carbons (Fsp3) is 0.250. The van der Waals surface area contributed by atoms with E-state index >= 15 is 0 Å². The molecule has 0 saturated carbocycles. The van der Waals surface area contributed by atoms with Crippen LogP contribution < -0.4 is 4.74 Å². The van der Waals surface area contributed by atoms with Crippen molar-refractivity contribution in [2.75, 3.05) is 13.1 Å². The Kier molecular flexibility index (Phi) is 4.55. The van der Waals surface area contributed by atoms with Gasteiger partial charge in [-0.2, -0.15) is 5.26 Å². The maximum absolute atomic E-state index is 12.6. The van der Waals surface area contributed by atoms with E-state index in [9.17, 15) is 4.79 Å². The monoisotopic (exact) mass is 363 g/mol. The number of thiazole rings is 1. The van der Waals surface area contributed by atoms with Gasteiger partial charge >= 0.3 is 0 Å². The minimum absolute atomic E-state index is 0.0273. The maximum Gasteiger partial charge on any atom is 0.274 e. The van der Waals surface area contributed by atoms with Crippen molar-refractivity contribution >= 4 is 27.5 Å². The molecule has 1 aromatic heterocycles. The molecule has 0 radical (unpaired) electrons. The summed E-state index contributed by atoms with van der Waals surface area (Å²) in [6.45, 7) is 1.29. The number of aromatic nitrogens is 1. The molecule has 0 spiro atoms. The minimum Gasteiger partial charge on any atom is -0.467 e. The van der Waals surface area contributed by atoms with Gasteiger partial charge in [-0.1, -0.05) is 29.5 Å². The predicted molar refractivity (Wildman–Crippen MR) is 100 cm³/mol. The molecule has 1 fully saturated rings. The van der Waals surface area contributed by atoms with Crippen LogP contribution in [0.1, 0.15) is 28.8 Å².